The van der Waals surface area contributed by atoms with Crippen molar-refractivity contribution in [1.29, 1.82) is 0 Å². The van der Waals surface area contributed by atoms with E-state index in [0.29, 0.717) is 0 Å². The molecule has 0 heterocycles. The molecule has 0 fully saturated rings. The van der Waals surface area contributed by atoms with E-state index in [1.54, 1.807) is 0 Å². The van der Waals surface area contributed by atoms with E-state index in [9.17, 15) is 0 Å². The number of aliphatic hydroxyl groups excluding tert-OH is 2. The molecule has 3 heteroatoms. The smallest absolute Gasteiger partial charge is 0.0662 e. The van der Waals surface area contributed by atoms with Crippen molar-refractivity contribution >= 4 is 0 Å². The van der Waals surface area contributed by atoms with Crippen molar-refractivity contribution in [3.05, 3.63) is 0 Å². The Labute approximate surface area is 46.3 Å². The maximum atomic E-state index is 7.62. The summed E-state index contributed by atoms with van der Waals surface area (Å²) in [5.74, 6) is 0. The quantitative estimate of drug-likeness (QED) is 0.494. The van der Waals surface area contributed by atoms with E-state index in [1.165, 1.54) is 0 Å². The van der Waals surface area contributed by atoms with Crippen molar-refractivity contribution < 1.29 is 32.6 Å². The van der Waals surface area contributed by atoms with Crippen molar-refractivity contribution in [2.45, 2.75) is 0 Å². The van der Waals surface area contributed by atoms with Crippen LogP contribution in [0, 0.1) is 0 Å². The zero-order valence-electron chi connectivity index (χ0n) is 2.61. The van der Waals surface area contributed by atoms with Gasteiger partial charge in [0.25, 0.3) is 0 Å². The molecule has 0 atom stereocenters. The van der Waals surface area contributed by atoms with E-state index in [1.807, 2.05) is 0 Å². The number of hydrogen-bond acceptors (Lipinski definition) is 2. The minimum absolute atomic E-state index is 0. The molecule has 0 saturated carbocycles. The molecule has 0 aromatic heterocycles. The largest absolute Gasteiger partial charge is 0.394 e. The van der Waals surface area contributed by atoms with Gasteiger partial charge in [0, 0.05) is 22.4 Å². The van der Waals surface area contributed by atoms with Crippen LogP contribution in [-0.4, -0.2) is 23.4 Å². The van der Waals surface area contributed by atoms with Gasteiger partial charge in [-0.3, -0.25) is 0 Å². The van der Waals surface area contributed by atoms with Crippen LogP contribution in [0.25, 0.3) is 0 Å². The first-order valence-corrected chi connectivity index (χ1v) is 1.13. The van der Waals surface area contributed by atoms with Crippen LogP contribution in [0.4, 0.5) is 0 Å². The normalized spacial score (nSPS) is 6.00. The predicted molar refractivity (Wildman–Crippen MR) is 14.2 cm³/mol. The number of rotatable bonds is 1. The monoisotopic (exact) mass is 169 g/mol. The van der Waals surface area contributed by atoms with Crippen molar-refractivity contribution in [3.63, 3.8) is 0 Å². The molecule has 2 N–H and O–H groups in total. The Balaban J connectivity index is 0. The van der Waals surface area contributed by atoms with Gasteiger partial charge in [0.2, 0.25) is 0 Å². The van der Waals surface area contributed by atoms with Gasteiger partial charge in [-0.25, -0.2) is 0 Å². The SMILES string of the molecule is OCCO.[Ag]. The first-order chi connectivity index (χ1) is 1.91. The van der Waals surface area contributed by atoms with Crippen LogP contribution < -0.4 is 0 Å². The molecule has 0 saturated heterocycles. The summed E-state index contributed by atoms with van der Waals surface area (Å²) >= 11 is 0. The van der Waals surface area contributed by atoms with E-state index in [-0.39, 0.29) is 35.6 Å². The fourth-order valence-corrected chi connectivity index (χ4v) is 0. The van der Waals surface area contributed by atoms with Crippen molar-refractivity contribution in [1.82, 2.24) is 0 Å². The van der Waals surface area contributed by atoms with Crippen molar-refractivity contribution in [3.8, 4) is 0 Å². The Morgan fingerprint density at radius 3 is 1.20 bits per heavy atom. The second-order valence-electron chi connectivity index (χ2n) is 0.447. The van der Waals surface area contributed by atoms with Crippen LogP contribution in [0.2, 0.25) is 0 Å². The van der Waals surface area contributed by atoms with Gasteiger partial charge in [0.1, 0.15) is 0 Å². The fraction of sp³-hybridized carbons (Fsp3) is 1.00. The Morgan fingerprint density at radius 1 is 1.00 bits per heavy atom. The molecule has 0 unspecified atom stereocenters. The third-order valence-electron chi connectivity index (χ3n) is 0.1000. The summed E-state index contributed by atoms with van der Waals surface area (Å²) in [5.41, 5.74) is 0. The zero-order valence-corrected chi connectivity index (χ0v) is 4.09. The summed E-state index contributed by atoms with van der Waals surface area (Å²) in [4.78, 5) is 0. The predicted octanol–water partition coefficient (Wildman–Crippen LogP) is -1.03. The van der Waals surface area contributed by atoms with Crippen molar-refractivity contribution in [2.24, 2.45) is 0 Å². The molecule has 0 spiro atoms. The van der Waals surface area contributed by atoms with E-state index in [0.717, 1.165) is 0 Å². The summed E-state index contributed by atoms with van der Waals surface area (Å²) in [7, 11) is 0. The van der Waals surface area contributed by atoms with Crippen LogP contribution in [0.15, 0.2) is 0 Å². The summed E-state index contributed by atoms with van der Waals surface area (Å²) in [6.45, 7) is -0.250. The molecular weight excluding hydrogens is 164 g/mol. The van der Waals surface area contributed by atoms with Gasteiger partial charge in [-0.15, -0.1) is 0 Å². The second-order valence-corrected chi connectivity index (χ2v) is 0.447. The van der Waals surface area contributed by atoms with Gasteiger partial charge < -0.3 is 10.2 Å². The third-order valence-corrected chi connectivity index (χ3v) is 0.1000. The van der Waals surface area contributed by atoms with Gasteiger partial charge in [-0.05, 0) is 0 Å². The molecule has 2 nitrogen and oxygen atoms in total. The van der Waals surface area contributed by atoms with Crippen LogP contribution >= 0.6 is 0 Å². The molecule has 0 aliphatic heterocycles. The van der Waals surface area contributed by atoms with Gasteiger partial charge in [-0.2, -0.15) is 0 Å². The average molecular weight is 170 g/mol. The second kappa shape index (κ2) is 8.82. The third kappa shape index (κ3) is 12.0. The van der Waals surface area contributed by atoms with Gasteiger partial charge in [0.15, 0.2) is 0 Å². The fourth-order valence-electron chi connectivity index (χ4n) is 0. The average Bonchev–Trinajstić information content (AvgIpc) is 1.37. The number of hydrogen-bond donors (Lipinski definition) is 2. The van der Waals surface area contributed by atoms with Gasteiger partial charge >= 0.3 is 0 Å². The van der Waals surface area contributed by atoms with Crippen LogP contribution in [-0.2, 0) is 22.4 Å². The van der Waals surface area contributed by atoms with E-state index >= 15 is 0 Å². The standard InChI is InChI=1S/C2H6O2.Ag/c3-1-2-4;/h3-4H,1-2H2;. The first-order valence-electron chi connectivity index (χ1n) is 1.13. The van der Waals surface area contributed by atoms with Crippen LogP contribution in [0.5, 0.6) is 0 Å². The molecule has 0 amide bonds. The Morgan fingerprint density at radius 2 is 1.20 bits per heavy atom. The summed E-state index contributed by atoms with van der Waals surface area (Å²) in [6, 6.07) is 0. The molecule has 0 aliphatic rings. The molecule has 0 aromatic rings. The molecule has 0 rings (SSSR count). The molecular formula is C2H6AgO2. The van der Waals surface area contributed by atoms with Crippen molar-refractivity contribution in [2.75, 3.05) is 13.2 Å². The molecule has 37 valence electrons. The van der Waals surface area contributed by atoms with E-state index in [2.05, 4.69) is 0 Å². The summed E-state index contributed by atoms with van der Waals surface area (Å²) in [6.07, 6.45) is 0. The van der Waals surface area contributed by atoms with Crippen LogP contribution in [0.1, 0.15) is 0 Å². The molecule has 0 aromatic carbocycles. The zero-order chi connectivity index (χ0) is 3.41. The molecule has 5 heavy (non-hydrogen) atoms. The minimum Gasteiger partial charge on any atom is -0.394 e. The Hall–Kier alpha value is 0.660. The minimum atomic E-state index is -0.125. The summed E-state index contributed by atoms with van der Waals surface area (Å²) < 4.78 is 0. The first kappa shape index (κ1) is 9.18. The molecule has 0 aliphatic carbocycles. The van der Waals surface area contributed by atoms with E-state index < -0.39 is 0 Å². The molecule has 0 bridgehead atoms. The molecule has 1 radical (unpaired) electrons. The number of aliphatic hydroxyl groups is 2. The Bertz CT molecular complexity index is 9.61. The maximum Gasteiger partial charge on any atom is 0.0662 e. The maximum absolute atomic E-state index is 7.62. The van der Waals surface area contributed by atoms with Gasteiger partial charge in [0.05, 0.1) is 13.2 Å². The summed E-state index contributed by atoms with van der Waals surface area (Å²) in [5, 5.41) is 15.2. The topological polar surface area (TPSA) is 40.5 Å². The van der Waals surface area contributed by atoms with E-state index in [4.69, 9.17) is 10.2 Å². The Kier molecular flexibility index (Phi) is 16.2. The van der Waals surface area contributed by atoms with Crippen LogP contribution in [0.3, 0.4) is 0 Å². The van der Waals surface area contributed by atoms with Gasteiger partial charge in [-0.1, -0.05) is 0 Å².